The van der Waals surface area contributed by atoms with Gasteiger partial charge in [-0.3, -0.25) is 9.59 Å². The number of carbonyl (C=O) groups is 2. The molecule has 1 atom stereocenters. The van der Waals surface area contributed by atoms with E-state index in [1.54, 1.807) is 4.90 Å². The van der Waals surface area contributed by atoms with Crippen LogP contribution in [0.2, 0.25) is 5.02 Å². The molecule has 0 spiro atoms. The van der Waals surface area contributed by atoms with E-state index >= 15 is 0 Å². The maximum Gasteiger partial charge on any atom is 0.263 e. The van der Waals surface area contributed by atoms with Gasteiger partial charge in [-0.25, -0.2) is 9.37 Å². The zero-order valence-electron chi connectivity index (χ0n) is 15.6. The Hall–Kier alpha value is -3.33. The van der Waals surface area contributed by atoms with Crippen molar-refractivity contribution in [1.29, 1.82) is 0 Å². The Morgan fingerprint density at radius 2 is 2.10 bits per heavy atom. The number of benzene rings is 1. The lowest BCUT2D eigenvalue weighted by molar-refractivity contribution is -0.128. The fourth-order valence-electron chi connectivity index (χ4n) is 3.69. The fraction of sp³-hybridized carbons (Fsp3) is 0.250. The highest BCUT2D eigenvalue weighted by Crippen LogP contribution is 2.45. The molecule has 0 unspecified atom stereocenters. The molecule has 4 rings (SSSR count). The molecule has 2 aliphatic rings. The molecule has 10 heteroatoms. The van der Waals surface area contributed by atoms with Gasteiger partial charge in [0.1, 0.15) is 34.5 Å². The number of aromatic hydroxyl groups is 2. The summed E-state index contributed by atoms with van der Waals surface area (Å²) in [5, 5.41) is 20.3. The average Bonchev–Trinajstić information content (AvgIpc) is 2.87. The first kappa shape index (κ1) is 20.0. The second kappa shape index (κ2) is 7.49. The predicted octanol–water partition coefficient (Wildman–Crippen LogP) is 2.18. The van der Waals surface area contributed by atoms with Crippen LogP contribution < -0.4 is 4.74 Å². The Morgan fingerprint density at radius 3 is 2.80 bits per heavy atom. The first-order valence-electron chi connectivity index (χ1n) is 9.08. The second-order valence-corrected chi connectivity index (χ2v) is 7.27. The third-order valence-corrected chi connectivity index (χ3v) is 5.52. The Balaban J connectivity index is 1.78. The first-order chi connectivity index (χ1) is 14.3. The molecule has 1 fully saturated rings. The van der Waals surface area contributed by atoms with Crippen LogP contribution in [0.1, 0.15) is 10.4 Å². The van der Waals surface area contributed by atoms with Crippen molar-refractivity contribution in [2.75, 3.05) is 26.2 Å². The molecular weight excluding hydrogens is 417 g/mol. The lowest BCUT2D eigenvalue weighted by Crippen LogP contribution is -2.57. The number of nitrogens with zero attached hydrogens (tertiary/aromatic N) is 3. The number of piperazine rings is 1. The van der Waals surface area contributed by atoms with E-state index in [0.717, 1.165) is 6.07 Å². The molecule has 1 aromatic carbocycles. The average molecular weight is 434 g/mol. The van der Waals surface area contributed by atoms with Crippen LogP contribution in [0.15, 0.2) is 30.9 Å². The number of ether oxygens (including phenoxy) is 1. The van der Waals surface area contributed by atoms with Gasteiger partial charge in [0.15, 0.2) is 5.75 Å². The highest BCUT2D eigenvalue weighted by molar-refractivity contribution is 6.35. The highest BCUT2D eigenvalue weighted by atomic mass is 35.5. The van der Waals surface area contributed by atoms with Gasteiger partial charge in [-0.1, -0.05) is 24.2 Å². The van der Waals surface area contributed by atoms with E-state index < -0.39 is 29.4 Å². The molecule has 0 bridgehead atoms. The zero-order chi connectivity index (χ0) is 21.6. The van der Waals surface area contributed by atoms with Gasteiger partial charge in [0, 0.05) is 19.6 Å². The summed E-state index contributed by atoms with van der Waals surface area (Å²) in [6, 6.07) is 3.17. The molecule has 8 nitrogen and oxygen atoms in total. The number of hydrogen-bond donors (Lipinski definition) is 2. The molecule has 30 heavy (non-hydrogen) atoms. The lowest BCUT2D eigenvalue weighted by atomic mass is 10.1. The fourth-order valence-corrected chi connectivity index (χ4v) is 3.97. The van der Waals surface area contributed by atoms with Crippen molar-refractivity contribution in [1.82, 2.24) is 14.8 Å². The summed E-state index contributed by atoms with van der Waals surface area (Å²) in [4.78, 5) is 32.0. The van der Waals surface area contributed by atoms with E-state index in [0.29, 0.717) is 6.54 Å². The molecular formula is C20H17ClFN3O5. The smallest absolute Gasteiger partial charge is 0.263 e. The molecule has 0 aliphatic carbocycles. The summed E-state index contributed by atoms with van der Waals surface area (Å²) in [5.74, 6) is -2.90. The van der Waals surface area contributed by atoms with E-state index in [2.05, 4.69) is 11.6 Å². The third-order valence-electron chi connectivity index (χ3n) is 5.17. The number of aromatic nitrogens is 1. The Morgan fingerprint density at radius 1 is 1.33 bits per heavy atom. The standard InChI is InChI=1S/C20H17ClFN3O5/c1-2-13(27)24-6-7-25-10(8-24)9-30-18-15(20(25)29)19(28)23-17(16(18)21)14-11(22)4-3-5-12(14)26/h2-5,10,26H,1,6-9H2,(H,23,28)/t10-/m1/s1. The van der Waals surface area contributed by atoms with Gasteiger partial charge in [0.2, 0.25) is 11.8 Å². The lowest BCUT2D eigenvalue weighted by Gasteiger charge is -2.39. The molecule has 1 aromatic heterocycles. The van der Waals surface area contributed by atoms with Crippen molar-refractivity contribution in [3.05, 3.63) is 47.3 Å². The van der Waals surface area contributed by atoms with Crippen LogP contribution >= 0.6 is 11.6 Å². The summed E-state index contributed by atoms with van der Waals surface area (Å²) in [6.07, 6.45) is 1.20. The molecule has 3 heterocycles. The number of phenols is 1. The van der Waals surface area contributed by atoms with Crippen LogP contribution in [0.3, 0.4) is 0 Å². The molecule has 0 saturated carbocycles. The summed E-state index contributed by atoms with van der Waals surface area (Å²) in [5.41, 5.74) is -0.813. The summed E-state index contributed by atoms with van der Waals surface area (Å²) in [6.45, 7) is 4.20. The number of carbonyl (C=O) groups excluding carboxylic acids is 2. The molecule has 1 saturated heterocycles. The van der Waals surface area contributed by atoms with Crippen molar-refractivity contribution in [2.24, 2.45) is 0 Å². The first-order valence-corrected chi connectivity index (χ1v) is 9.46. The van der Waals surface area contributed by atoms with E-state index in [1.165, 1.54) is 23.1 Å². The largest absolute Gasteiger partial charge is 0.507 e. The zero-order valence-corrected chi connectivity index (χ0v) is 16.4. The van der Waals surface area contributed by atoms with Gasteiger partial charge in [0.25, 0.3) is 5.91 Å². The van der Waals surface area contributed by atoms with Crippen LogP contribution in [-0.2, 0) is 4.79 Å². The van der Waals surface area contributed by atoms with E-state index in [-0.39, 0.29) is 53.2 Å². The minimum Gasteiger partial charge on any atom is -0.507 e. The topological polar surface area (TPSA) is 103 Å². The van der Waals surface area contributed by atoms with Crippen molar-refractivity contribution < 1.29 is 28.9 Å². The second-order valence-electron chi connectivity index (χ2n) is 6.89. The van der Waals surface area contributed by atoms with Crippen molar-refractivity contribution in [3.8, 4) is 28.6 Å². The van der Waals surface area contributed by atoms with Crippen molar-refractivity contribution in [2.45, 2.75) is 6.04 Å². The summed E-state index contributed by atoms with van der Waals surface area (Å²) < 4.78 is 20.1. The monoisotopic (exact) mass is 433 g/mol. The van der Waals surface area contributed by atoms with E-state index in [1.807, 2.05) is 0 Å². The molecule has 156 valence electrons. The minimum atomic E-state index is -0.806. The number of pyridine rings is 1. The van der Waals surface area contributed by atoms with Gasteiger partial charge < -0.3 is 24.7 Å². The predicted molar refractivity (Wildman–Crippen MR) is 105 cm³/mol. The van der Waals surface area contributed by atoms with Crippen LogP contribution in [0.25, 0.3) is 11.3 Å². The van der Waals surface area contributed by atoms with Crippen LogP contribution in [0.4, 0.5) is 4.39 Å². The molecule has 0 radical (unpaired) electrons. The molecule has 2 aliphatic heterocycles. The number of rotatable bonds is 2. The molecule has 2 N–H and O–H groups in total. The van der Waals surface area contributed by atoms with Crippen molar-refractivity contribution in [3.63, 3.8) is 0 Å². The van der Waals surface area contributed by atoms with Gasteiger partial charge in [-0.2, -0.15) is 0 Å². The summed E-state index contributed by atoms with van der Waals surface area (Å²) in [7, 11) is 0. The molecule has 2 aromatic rings. The van der Waals surface area contributed by atoms with Crippen LogP contribution in [-0.4, -0.2) is 69.1 Å². The highest BCUT2D eigenvalue weighted by Gasteiger charge is 2.40. The van der Waals surface area contributed by atoms with Gasteiger partial charge in [0.05, 0.1) is 11.6 Å². The summed E-state index contributed by atoms with van der Waals surface area (Å²) >= 11 is 6.39. The van der Waals surface area contributed by atoms with E-state index in [9.17, 15) is 24.2 Å². The number of phenolic OH excluding ortho intramolecular Hbond substituents is 1. The Bertz CT molecular complexity index is 1060. The molecule has 2 amide bonds. The number of hydrogen-bond acceptors (Lipinski definition) is 6. The number of halogens is 2. The number of amides is 2. The van der Waals surface area contributed by atoms with Gasteiger partial charge >= 0.3 is 0 Å². The van der Waals surface area contributed by atoms with Gasteiger partial charge in [-0.15, -0.1) is 0 Å². The number of fused-ring (bicyclic) bond motifs is 2. The quantitative estimate of drug-likeness (QED) is 0.704. The minimum absolute atomic E-state index is 0.00840. The van der Waals surface area contributed by atoms with Crippen LogP contribution in [0.5, 0.6) is 17.4 Å². The SMILES string of the molecule is C=CC(=O)N1CCN2C(=O)c3c(O)nc(-c4c(O)cccc4F)c(Cl)c3OC[C@H]2C1. The van der Waals surface area contributed by atoms with Crippen LogP contribution in [0, 0.1) is 5.82 Å². The van der Waals surface area contributed by atoms with Gasteiger partial charge in [-0.05, 0) is 18.2 Å². The maximum absolute atomic E-state index is 14.3. The normalized spacial score (nSPS) is 18.2. The Kier molecular flexibility index (Phi) is 4.98. The van der Waals surface area contributed by atoms with E-state index in [4.69, 9.17) is 16.3 Å². The van der Waals surface area contributed by atoms with Crippen molar-refractivity contribution >= 4 is 23.4 Å². The maximum atomic E-state index is 14.3. The Labute approximate surface area is 175 Å². The third kappa shape index (κ3) is 3.11.